The molecule has 14 nitrogen and oxygen atoms in total. The Morgan fingerprint density at radius 3 is 2.83 bits per heavy atom. The molecule has 0 bridgehead atoms. The molecule has 0 saturated carbocycles. The number of aryl methyl sites for hydroxylation is 1. The molecule has 29 heavy (non-hydrogen) atoms. The number of hydrogen-bond acceptors (Lipinski definition) is 10. The van der Waals surface area contributed by atoms with E-state index >= 15 is 0 Å². The van der Waals surface area contributed by atoms with Crippen LogP contribution < -0.4 is 10.3 Å². The van der Waals surface area contributed by atoms with Gasteiger partial charge in [0.05, 0.1) is 13.7 Å². The fourth-order valence-electron chi connectivity index (χ4n) is 3.16. The zero-order valence-electron chi connectivity index (χ0n) is 15.0. The van der Waals surface area contributed by atoms with Crippen LogP contribution >= 0.6 is 7.75 Å². The number of fused-ring (bicyclic) bond motifs is 1. The van der Waals surface area contributed by atoms with Gasteiger partial charge in [0.15, 0.2) is 0 Å². The third-order valence-electron chi connectivity index (χ3n) is 4.56. The van der Waals surface area contributed by atoms with E-state index in [2.05, 4.69) is 15.0 Å². The lowest BCUT2D eigenvalue weighted by Crippen LogP contribution is -2.34. The summed E-state index contributed by atoms with van der Waals surface area (Å²) < 4.78 is 26.7. The average molecular weight is 428 g/mol. The number of hydrogen-bond donors (Lipinski definition) is 5. The summed E-state index contributed by atoms with van der Waals surface area (Å²) in [6.45, 7) is -0.478. The van der Waals surface area contributed by atoms with Gasteiger partial charge >= 0.3 is 7.75 Å². The molecule has 4 rings (SSSR count). The van der Waals surface area contributed by atoms with Gasteiger partial charge in [-0.15, -0.1) is 0 Å². The number of aliphatic hydroxyl groups is 2. The van der Waals surface area contributed by atoms with Crippen molar-refractivity contribution in [2.24, 2.45) is 7.05 Å². The first-order valence-electron chi connectivity index (χ1n) is 8.39. The minimum absolute atomic E-state index is 0.168. The average Bonchev–Trinajstić information content (AvgIpc) is 3.35. The predicted molar refractivity (Wildman–Crippen MR) is 94.1 cm³/mol. The van der Waals surface area contributed by atoms with E-state index in [0.717, 1.165) is 10.7 Å². The lowest BCUT2D eigenvalue weighted by atomic mass is 10.1. The van der Waals surface area contributed by atoms with Crippen molar-refractivity contribution in [3.05, 3.63) is 25.0 Å². The molecule has 156 valence electrons. The Bertz CT molecular complexity index is 1090. The molecule has 0 radical (unpaired) electrons. The number of aromatic nitrogens is 6. The molecule has 1 aliphatic rings. The molecule has 0 amide bonds. The minimum atomic E-state index is -4.24. The van der Waals surface area contributed by atoms with Crippen LogP contribution in [0.1, 0.15) is 6.23 Å². The van der Waals surface area contributed by atoms with E-state index < -0.39 is 38.9 Å². The van der Waals surface area contributed by atoms with Crippen LogP contribution in [0.3, 0.4) is 0 Å². The fraction of sp³-hybridized carbons (Fsp3) is 0.429. The summed E-state index contributed by atoms with van der Waals surface area (Å²) in [7, 11) is -2.62. The molecule has 1 fully saturated rings. The van der Waals surface area contributed by atoms with E-state index in [1.165, 1.54) is 27.9 Å². The monoisotopic (exact) mass is 428 g/mol. The van der Waals surface area contributed by atoms with Gasteiger partial charge < -0.3 is 30.7 Å². The standard InChI is InChI=1S/C14H18N7O7P/c1-19-6-21(11-8(19)12(24)18-14(15)17-11)13-10(23)9(22)7(28-13)4-27-29(25,26)20-3-2-16-5-20/h2-3,5-7,9-10,13,22-23H,4H2,1H3,(H3-,15,17,18,24,25,26)/p+1/t7-,9?,10+,13-/m1/s1. The highest BCUT2D eigenvalue weighted by Crippen LogP contribution is 2.44. The van der Waals surface area contributed by atoms with Crippen molar-refractivity contribution in [3.8, 4) is 5.88 Å². The first kappa shape index (κ1) is 19.7. The van der Waals surface area contributed by atoms with Gasteiger partial charge in [-0.3, -0.25) is 4.52 Å². The van der Waals surface area contributed by atoms with Crippen LogP contribution in [0.4, 0.5) is 5.95 Å². The van der Waals surface area contributed by atoms with Crippen molar-refractivity contribution in [1.82, 2.24) is 23.9 Å². The number of aromatic hydroxyl groups is 1. The summed E-state index contributed by atoms with van der Waals surface area (Å²) in [6, 6.07) is 0. The fourth-order valence-corrected chi connectivity index (χ4v) is 4.06. The Kier molecular flexibility index (Phi) is 4.77. The summed E-state index contributed by atoms with van der Waals surface area (Å²) >= 11 is 0. The molecule has 1 saturated heterocycles. The van der Waals surface area contributed by atoms with Crippen LogP contribution in [0.25, 0.3) is 11.2 Å². The first-order valence-corrected chi connectivity index (χ1v) is 9.92. The molecular formula is C14H19N7O7P+. The van der Waals surface area contributed by atoms with Gasteiger partial charge in [-0.25, -0.2) is 18.5 Å². The number of aliphatic hydroxyl groups excluding tert-OH is 2. The van der Waals surface area contributed by atoms with Gasteiger partial charge in [0.2, 0.25) is 18.5 Å². The highest BCUT2D eigenvalue weighted by atomic mass is 31.2. The number of imidazole rings is 2. The van der Waals surface area contributed by atoms with Gasteiger partial charge in [0.25, 0.3) is 17.0 Å². The number of nitrogens with two attached hydrogens (primary N) is 1. The van der Waals surface area contributed by atoms with E-state index in [1.807, 2.05) is 0 Å². The zero-order valence-corrected chi connectivity index (χ0v) is 15.9. The molecule has 15 heteroatoms. The molecule has 3 aromatic heterocycles. The van der Waals surface area contributed by atoms with Crippen LogP contribution in [0.5, 0.6) is 5.88 Å². The Hall–Kier alpha value is -2.61. The SMILES string of the molecule is C[n+]1cn([C@@H]2O[C@H](COP(=O)(O)n3ccnc3)C(O)[C@@H]2O)c2nc(N)nc(O)c21. The second-order valence-electron chi connectivity index (χ2n) is 6.49. The van der Waals surface area contributed by atoms with Crippen molar-refractivity contribution < 1.29 is 38.6 Å². The normalized spacial score (nSPS) is 26.8. The van der Waals surface area contributed by atoms with Crippen LogP contribution in [0, 0.1) is 0 Å². The quantitative estimate of drug-likeness (QED) is 0.223. The number of rotatable bonds is 5. The van der Waals surface area contributed by atoms with Crippen molar-refractivity contribution in [2.45, 2.75) is 24.5 Å². The second kappa shape index (κ2) is 7.02. The molecule has 6 N–H and O–H groups in total. The van der Waals surface area contributed by atoms with Crippen molar-refractivity contribution >= 4 is 24.9 Å². The first-order chi connectivity index (χ1) is 13.7. The second-order valence-corrected chi connectivity index (χ2v) is 8.19. The van der Waals surface area contributed by atoms with Crippen molar-refractivity contribution in [3.63, 3.8) is 0 Å². The van der Waals surface area contributed by atoms with E-state index in [0.29, 0.717) is 0 Å². The molecule has 0 spiro atoms. The largest absolute Gasteiger partial charge is 0.490 e. The van der Waals surface area contributed by atoms with E-state index in [1.54, 1.807) is 7.05 Å². The lowest BCUT2D eigenvalue weighted by molar-refractivity contribution is -0.646. The molecule has 0 aliphatic carbocycles. The molecule has 0 aromatic carbocycles. The van der Waals surface area contributed by atoms with Gasteiger partial charge in [0, 0.05) is 12.4 Å². The lowest BCUT2D eigenvalue weighted by Gasteiger charge is -2.17. The Morgan fingerprint density at radius 2 is 2.14 bits per heavy atom. The van der Waals surface area contributed by atoms with Crippen LogP contribution in [0.15, 0.2) is 25.0 Å². The number of anilines is 1. The molecule has 1 aliphatic heterocycles. The highest BCUT2D eigenvalue weighted by molar-refractivity contribution is 7.51. The molecular weight excluding hydrogens is 409 g/mol. The Balaban J connectivity index is 1.58. The maximum absolute atomic E-state index is 12.2. The summed E-state index contributed by atoms with van der Waals surface area (Å²) in [5.74, 6) is -0.548. The van der Waals surface area contributed by atoms with Gasteiger partial charge in [-0.1, -0.05) is 0 Å². The summed E-state index contributed by atoms with van der Waals surface area (Å²) in [6.07, 6.45) is 0.0940. The highest BCUT2D eigenvalue weighted by Gasteiger charge is 2.48. The zero-order chi connectivity index (χ0) is 20.9. The van der Waals surface area contributed by atoms with E-state index in [9.17, 15) is 24.8 Å². The maximum atomic E-state index is 12.2. The number of nitrogen functional groups attached to an aromatic ring is 1. The van der Waals surface area contributed by atoms with Crippen LogP contribution in [0.2, 0.25) is 0 Å². The summed E-state index contributed by atoms with van der Waals surface area (Å²) in [5.41, 5.74) is 6.00. The molecule has 5 atom stereocenters. The van der Waals surface area contributed by atoms with Crippen molar-refractivity contribution in [1.29, 1.82) is 0 Å². The van der Waals surface area contributed by atoms with E-state index in [4.69, 9.17) is 15.0 Å². The molecule has 4 heterocycles. The Labute approximate surface area is 163 Å². The van der Waals surface area contributed by atoms with Gasteiger partial charge in [-0.05, 0) is 0 Å². The smallest absolute Gasteiger partial charge is 0.437 e. The Morgan fingerprint density at radius 1 is 1.38 bits per heavy atom. The third kappa shape index (κ3) is 3.35. The predicted octanol–water partition coefficient (Wildman–Crippen LogP) is -1.98. The third-order valence-corrected chi connectivity index (χ3v) is 5.87. The van der Waals surface area contributed by atoms with Gasteiger partial charge in [-0.2, -0.15) is 14.5 Å². The van der Waals surface area contributed by atoms with E-state index in [-0.39, 0.29) is 23.0 Å². The summed E-state index contributed by atoms with van der Waals surface area (Å²) in [5, 5.41) is 30.8. The number of ether oxygens (including phenoxy) is 1. The van der Waals surface area contributed by atoms with Crippen LogP contribution in [-0.4, -0.2) is 69.0 Å². The topological polar surface area (TPSA) is 195 Å². The molecule has 2 unspecified atom stereocenters. The number of nitrogens with zero attached hydrogens (tertiary/aromatic N) is 6. The molecule has 3 aromatic rings. The van der Waals surface area contributed by atoms with Crippen LogP contribution in [-0.2, 0) is 20.9 Å². The minimum Gasteiger partial charge on any atom is -0.490 e. The summed E-state index contributed by atoms with van der Waals surface area (Å²) in [4.78, 5) is 21.4. The maximum Gasteiger partial charge on any atom is 0.437 e. The van der Waals surface area contributed by atoms with Crippen molar-refractivity contribution in [2.75, 3.05) is 12.3 Å². The van der Waals surface area contributed by atoms with Gasteiger partial charge in [0.1, 0.15) is 24.6 Å².